The molecule has 2 aromatic carbocycles. The molecule has 0 unspecified atom stereocenters. The van der Waals surface area contributed by atoms with Crippen molar-refractivity contribution in [3.05, 3.63) is 59.7 Å². The molecule has 0 aliphatic heterocycles. The average molecular weight is 296 g/mol. The van der Waals surface area contributed by atoms with E-state index in [1.807, 2.05) is 42.2 Å². The molecular weight excluding hydrogens is 272 g/mol. The number of anilines is 2. The summed E-state index contributed by atoms with van der Waals surface area (Å²) >= 11 is 0. The second kappa shape index (κ2) is 7.64. The lowest BCUT2D eigenvalue weighted by Gasteiger charge is -2.21. The number of hydrogen-bond acceptors (Lipinski definition) is 2. The molecule has 3 nitrogen and oxygen atoms in total. The zero-order chi connectivity index (χ0) is 15.9. The summed E-state index contributed by atoms with van der Waals surface area (Å²) in [4.78, 5) is 14.2. The molecule has 1 N–H and O–H groups in total. The standard InChI is InChI=1S/C19H24N2O/c1-4-21(17-8-6-5-7-9-17)19(22)12-13-20-18-14-15(2)10-11-16(18)3/h5-11,14,20H,4,12-13H2,1-3H3. The van der Waals surface area contributed by atoms with Crippen molar-refractivity contribution in [2.24, 2.45) is 0 Å². The minimum Gasteiger partial charge on any atom is -0.384 e. The molecule has 0 aromatic heterocycles. The zero-order valence-electron chi connectivity index (χ0n) is 13.6. The second-order valence-electron chi connectivity index (χ2n) is 5.47. The Kier molecular flexibility index (Phi) is 5.59. The minimum atomic E-state index is 0.145. The van der Waals surface area contributed by atoms with Crippen LogP contribution in [0.3, 0.4) is 0 Å². The van der Waals surface area contributed by atoms with Crippen LogP contribution in [0.2, 0.25) is 0 Å². The Morgan fingerprint density at radius 2 is 1.82 bits per heavy atom. The Morgan fingerprint density at radius 1 is 1.09 bits per heavy atom. The van der Waals surface area contributed by atoms with Crippen molar-refractivity contribution in [1.29, 1.82) is 0 Å². The molecule has 2 aromatic rings. The van der Waals surface area contributed by atoms with Crippen molar-refractivity contribution >= 4 is 17.3 Å². The molecule has 0 spiro atoms. The normalized spacial score (nSPS) is 10.3. The van der Waals surface area contributed by atoms with Crippen molar-refractivity contribution in [3.8, 4) is 0 Å². The number of para-hydroxylation sites is 1. The first-order valence-electron chi connectivity index (χ1n) is 7.78. The van der Waals surface area contributed by atoms with Gasteiger partial charge in [0.25, 0.3) is 0 Å². The molecule has 0 atom stereocenters. The third kappa shape index (κ3) is 4.10. The van der Waals surface area contributed by atoms with Gasteiger partial charge in [0.05, 0.1) is 0 Å². The summed E-state index contributed by atoms with van der Waals surface area (Å²) in [6, 6.07) is 16.1. The maximum Gasteiger partial charge on any atom is 0.228 e. The van der Waals surface area contributed by atoms with Gasteiger partial charge in [-0.15, -0.1) is 0 Å². The highest BCUT2D eigenvalue weighted by atomic mass is 16.2. The monoisotopic (exact) mass is 296 g/mol. The lowest BCUT2D eigenvalue weighted by molar-refractivity contribution is -0.118. The number of aryl methyl sites for hydroxylation is 2. The Bertz CT molecular complexity index is 623. The molecule has 2 rings (SSSR count). The van der Waals surface area contributed by atoms with Crippen LogP contribution in [0.5, 0.6) is 0 Å². The van der Waals surface area contributed by atoms with E-state index in [0.29, 0.717) is 19.5 Å². The van der Waals surface area contributed by atoms with Crippen molar-refractivity contribution in [2.45, 2.75) is 27.2 Å². The van der Waals surface area contributed by atoms with Gasteiger partial charge in [-0.1, -0.05) is 30.3 Å². The lowest BCUT2D eigenvalue weighted by atomic mass is 10.1. The van der Waals surface area contributed by atoms with Gasteiger partial charge in [0.1, 0.15) is 0 Å². The van der Waals surface area contributed by atoms with Gasteiger partial charge in [0, 0.05) is 30.9 Å². The van der Waals surface area contributed by atoms with E-state index in [9.17, 15) is 4.79 Å². The van der Waals surface area contributed by atoms with E-state index in [1.54, 1.807) is 0 Å². The maximum absolute atomic E-state index is 12.4. The van der Waals surface area contributed by atoms with Gasteiger partial charge in [-0.2, -0.15) is 0 Å². The Morgan fingerprint density at radius 3 is 2.50 bits per heavy atom. The molecule has 0 fully saturated rings. The van der Waals surface area contributed by atoms with E-state index in [1.165, 1.54) is 11.1 Å². The fourth-order valence-corrected chi connectivity index (χ4v) is 2.48. The van der Waals surface area contributed by atoms with Gasteiger partial charge in [-0.05, 0) is 50.1 Å². The number of rotatable bonds is 6. The van der Waals surface area contributed by atoms with E-state index < -0.39 is 0 Å². The highest BCUT2D eigenvalue weighted by Crippen LogP contribution is 2.17. The highest BCUT2D eigenvalue weighted by molar-refractivity contribution is 5.93. The quantitative estimate of drug-likeness (QED) is 0.868. The summed E-state index contributed by atoms with van der Waals surface area (Å²) in [5.74, 6) is 0.145. The first-order valence-corrected chi connectivity index (χ1v) is 7.78. The van der Waals surface area contributed by atoms with Gasteiger partial charge in [0.2, 0.25) is 5.91 Å². The SMILES string of the molecule is CCN(C(=O)CCNc1cc(C)ccc1C)c1ccccc1. The van der Waals surface area contributed by atoms with Crippen LogP contribution < -0.4 is 10.2 Å². The third-order valence-electron chi connectivity index (χ3n) is 3.73. The minimum absolute atomic E-state index is 0.145. The predicted octanol–water partition coefficient (Wildman–Crippen LogP) is 4.16. The van der Waals surface area contributed by atoms with Crippen molar-refractivity contribution < 1.29 is 4.79 Å². The first-order chi connectivity index (χ1) is 10.6. The number of nitrogens with one attached hydrogen (secondary N) is 1. The van der Waals surface area contributed by atoms with Crippen LogP contribution in [-0.4, -0.2) is 19.0 Å². The van der Waals surface area contributed by atoms with E-state index in [2.05, 4.69) is 37.4 Å². The Balaban J connectivity index is 1.93. The predicted molar refractivity (Wildman–Crippen MR) is 93.5 cm³/mol. The van der Waals surface area contributed by atoms with Gasteiger partial charge in [0.15, 0.2) is 0 Å². The van der Waals surface area contributed by atoms with Crippen molar-refractivity contribution in [2.75, 3.05) is 23.3 Å². The Hall–Kier alpha value is -2.29. The molecule has 0 aliphatic carbocycles. The van der Waals surface area contributed by atoms with Crippen molar-refractivity contribution in [1.82, 2.24) is 0 Å². The summed E-state index contributed by atoms with van der Waals surface area (Å²) in [5.41, 5.74) is 4.49. The third-order valence-corrected chi connectivity index (χ3v) is 3.73. The smallest absolute Gasteiger partial charge is 0.228 e. The van der Waals surface area contributed by atoms with Gasteiger partial charge >= 0.3 is 0 Å². The summed E-state index contributed by atoms with van der Waals surface area (Å²) in [5, 5.41) is 3.37. The number of benzene rings is 2. The average Bonchev–Trinajstić information content (AvgIpc) is 2.52. The van der Waals surface area contributed by atoms with Crippen LogP contribution in [-0.2, 0) is 4.79 Å². The molecule has 0 radical (unpaired) electrons. The zero-order valence-corrected chi connectivity index (χ0v) is 13.6. The first kappa shape index (κ1) is 16.1. The van der Waals surface area contributed by atoms with Crippen LogP contribution in [0.4, 0.5) is 11.4 Å². The molecular formula is C19H24N2O. The van der Waals surface area contributed by atoms with E-state index in [-0.39, 0.29) is 5.91 Å². The van der Waals surface area contributed by atoms with Gasteiger partial charge < -0.3 is 10.2 Å². The number of amides is 1. The second-order valence-corrected chi connectivity index (χ2v) is 5.47. The van der Waals surface area contributed by atoms with E-state index in [0.717, 1.165) is 11.4 Å². The molecule has 3 heteroatoms. The molecule has 22 heavy (non-hydrogen) atoms. The van der Waals surface area contributed by atoms with Crippen LogP contribution in [0.1, 0.15) is 24.5 Å². The fraction of sp³-hybridized carbons (Fsp3) is 0.316. The fourth-order valence-electron chi connectivity index (χ4n) is 2.48. The maximum atomic E-state index is 12.4. The summed E-state index contributed by atoms with van der Waals surface area (Å²) in [6.07, 6.45) is 0.482. The Labute approximate surface area is 133 Å². The van der Waals surface area contributed by atoms with Gasteiger partial charge in [-0.25, -0.2) is 0 Å². The van der Waals surface area contributed by atoms with E-state index >= 15 is 0 Å². The van der Waals surface area contributed by atoms with Gasteiger partial charge in [-0.3, -0.25) is 4.79 Å². The largest absolute Gasteiger partial charge is 0.384 e. The number of hydrogen-bond donors (Lipinski definition) is 1. The van der Waals surface area contributed by atoms with E-state index in [4.69, 9.17) is 0 Å². The topological polar surface area (TPSA) is 32.3 Å². The molecule has 1 amide bonds. The molecule has 0 saturated carbocycles. The van der Waals surface area contributed by atoms with Crippen LogP contribution in [0, 0.1) is 13.8 Å². The van der Waals surface area contributed by atoms with Crippen molar-refractivity contribution in [3.63, 3.8) is 0 Å². The molecule has 116 valence electrons. The van der Waals surface area contributed by atoms with Crippen LogP contribution in [0.15, 0.2) is 48.5 Å². The molecule has 0 heterocycles. The number of nitrogens with zero attached hydrogens (tertiary/aromatic N) is 1. The van der Waals surface area contributed by atoms with Crippen LogP contribution >= 0.6 is 0 Å². The molecule has 0 bridgehead atoms. The lowest BCUT2D eigenvalue weighted by Crippen LogP contribution is -2.31. The highest BCUT2D eigenvalue weighted by Gasteiger charge is 2.13. The van der Waals surface area contributed by atoms with Crippen LogP contribution in [0.25, 0.3) is 0 Å². The number of carbonyl (C=O) groups is 1. The summed E-state index contributed by atoms with van der Waals surface area (Å²) in [7, 11) is 0. The summed E-state index contributed by atoms with van der Waals surface area (Å²) in [6.45, 7) is 7.48. The summed E-state index contributed by atoms with van der Waals surface area (Å²) < 4.78 is 0. The molecule has 0 aliphatic rings. The number of carbonyl (C=O) groups excluding carboxylic acids is 1. The molecule has 0 saturated heterocycles.